The molecule has 3 heteroatoms. The Balaban J connectivity index is 2.99. The molecule has 0 aromatic heterocycles. The zero-order valence-corrected chi connectivity index (χ0v) is 9.79. The lowest BCUT2D eigenvalue weighted by molar-refractivity contribution is 0.0930. The van der Waals surface area contributed by atoms with Crippen molar-refractivity contribution in [2.75, 3.05) is 5.73 Å². The van der Waals surface area contributed by atoms with Gasteiger partial charge in [-0.25, -0.2) is 0 Å². The largest absolute Gasteiger partial charge is 0.398 e. The van der Waals surface area contributed by atoms with Crippen LogP contribution in [0.4, 0.5) is 5.69 Å². The third-order valence-corrected chi connectivity index (χ3v) is 2.36. The predicted molar refractivity (Wildman–Crippen MR) is 66.0 cm³/mol. The highest BCUT2D eigenvalue weighted by atomic mass is 16.1. The molecule has 0 aliphatic heterocycles. The molecule has 0 radical (unpaired) electrons. The molecule has 0 unspecified atom stereocenters. The Kier molecular flexibility index (Phi) is 3.24. The maximum atomic E-state index is 11.9. The van der Waals surface area contributed by atoms with Crippen LogP contribution in [-0.2, 0) is 0 Å². The zero-order valence-electron chi connectivity index (χ0n) is 9.79. The lowest BCUT2D eigenvalue weighted by Gasteiger charge is -2.20. The van der Waals surface area contributed by atoms with E-state index in [9.17, 15) is 4.79 Å². The molecule has 1 rings (SSSR count). The van der Waals surface area contributed by atoms with Crippen LogP contribution in [0.3, 0.4) is 0 Å². The summed E-state index contributed by atoms with van der Waals surface area (Å²) in [5, 5.41) is 2.74. The third kappa shape index (κ3) is 2.54. The van der Waals surface area contributed by atoms with Crippen LogP contribution in [0.1, 0.15) is 29.8 Å². The molecule has 0 fully saturated rings. The molecule has 84 valence electrons. The number of carbonyl (C=O) groups is 1. The fraction of sp³-hybridized carbons (Fsp3) is 0.308. The SMILES string of the molecule is C#CC(C)(C)NC(=O)c1cccc(C)c1N. The number of hydrogen-bond acceptors (Lipinski definition) is 2. The van der Waals surface area contributed by atoms with Gasteiger partial charge in [-0.1, -0.05) is 18.1 Å². The van der Waals surface area contributed by atoms with Crippen LogP contribution in [0.5, 0.6) is 0 Å². The van der Waals surface area contributed by atoms with Crippen molar-refractivity contribution in [3.63, 3.8) is 0 Å². The summed E-state index contributed by atoms with van der Waals surface area (Å²) in [6, 6.07) is 5.34. The van der Waals surface area contributed by atoms with Crippen molar-refractivity contribution in [3.05, 3.63) is 29.3 Å². The normalized spacial score (nSPS) is 10.6. The third-order valence-electron chi connectivity index (χ3n) is 2.36. The second kappa shape index (κ2) is 4.28. The van der Waals surface area contributed by atoms with E-state index in [1.54, 1.807) is 26.0 Å². The van der Waals surface area contributed by atoms with Gasteiger partial charge in [0.25, 0.3) is 5.91 Å². The molecule has 1 aromatic carbocycles. The Morgan fingerprint density at radius 2 is 2.12 bits per heavy atom. The summed E-state index contributed by atoms with van der Waals surface area (Å²) in [6.45, 7) is 5.38. The lowest BCUT2D eigenvalue weighted by atomic mass is 10.0. The molecular weight excluding hydrogens is 200 g/mol. The number of aryl methyl sites for hydroxylation is 1. The average Bonchev–Trinajstić information content (AvgIpc) is 2.21. The summed E-state index contributed by atoms with van der Waals surface area (Å²) in [5.41, 5.74) is 6.99. The van der Waals surface area contributed by atoms with Gasteiger partial charge < -0.3 is 11.1 Å². The van der Waals surface area contributed by atoms with Crippen molar-refractivity contribution in [1.82, 2.24) is 5.32 Å². The van der Waals surface area contributed by atoms with Gasteiger partial charge in [-0.2, -0.15) is 0 Å². The Hall–Kier alpha value is -1.95. The molecule has 0 spiro atoms. The predicted octanol–water partition coefficient (Wildman–Crippen LogP) is 1.72. The maximum Gasteiger partial charge on any atom is 0.254 e. The number of amides is 1. The van der Waals surface area contributed by atoms with Gasteiger partial charge in [-0.05, 0) is 32.4 Å². The summed E-state index contributed by atoms with van der Waals surface area (Å²) in [6.07, 6.45) is 5.30. The molecule has 1 aromatic rings. The second-order valence-corrected chi connectivity index (χ2v) is 4.26. The molecule has 3 nitrogen and oxygen atoms in total. The zero-order chi connectivity index (χ0) is 12.3. The van der Waals surface area contributed by atoms with Crippen molar-refractivity contribution < 1.29 is 4.79 Å². The first-order chi connectivity index (χ1) is 7.37. The van der Waals surface area contributed by atoms with Gasteiger partial charge in [0.05, 0.1) is 11.1 Å². The van der Waals surface area contributed by atoms with Crippen LogP contribution < -0.4 is 11.1 Å². The van der Waals surface area contributed by atoms with Crippen molar-refractivity contribution in [2.45, 2.75) is 26.3 Å². The van der Waals surface area contributed by atoms with E-state index in [-0.39, 0.29) is 5.91 Å². The van der Waals surface area contributed by atoms with Crippen LogP contribution in [0, 0.1) is 19.3 Å². The Labute approximate surface area is 96.0 Å². The number of benzene rings is 1. The summed E-state index contributed by atoms with van der Waals surface area (Å²) >= 11 is 0. The number of anilines is 1. The molecule has 16 heavy (non-hydrogen) atoms. The summed E-state index contributed by atoms with van der Waals surface area (Å²) in [5.74, 6) is 2.26. The Bertz CT molecular complexity index is 455. The quantitative estimate of drug-likeness (QED) is 0.584. The fourth-order valence-corrected chi connectivity index (χ4v) is 1.27. The van der Waals surface area contributed by atoms with Crippen molar-refractivity contribution in [3.8, 4) is 12.3 Å². The molecule has 0 heterocycles. The van der Waals surface area contributed by atoms with Gasteiger partial charge >= 0.3 is 0 Å². The van der Waals surface area contributed by atoms with E-state index in [1.807, 2.05) is 13.0 Å². The number of rotatable bonds is 2. The topological polar surface area (TPSA) is 55.1 Å². The van der Waals surface area contributed by atoms with Crippen molar-refractivity contribution in [1.29, 1.82) is 0 Å². The highest BCUT2D eigenvalue weighted by molar-refractivity contribution is 6.00. The minimum absolute atomic E-state index is 0.246. The molecule has 0 aliphatic rings. The number of terminal acetylenes is 1. The molecule has 0 atom stereocenters. The van der Waals surface area contributed by atoms with Crippen LogP contribution in [0.15, 0.2) is 18.2 Å². The monoisotopic (exact) mass is 216 g/mol. The van der Waals surface area contributed by atoms with Gasteiger partial charge in [0, 0.05) is 5.69 Å². The second-order valence-electron chi connectivity index (χ2n) is 4.26. The van der Waals surface area contributed by atoms with E-state index >= 15 is 0 Å². The van der Waals surface area contributed by atoms with Crippen molar-refractivity contribution in [2.24, 2.45) is 0 Å². The fourth-order valence-electron chi connectivity index (χ4n) is 1.27. The minimum atomic E-state index is -0.673. The summed E-state index contributed by atoms with van der Waals surface area (Å²) in [4.78, 5) is 11.9. The number of nitrogens with one attached hydrogen (secondary N) is 1. The summed E-state index contributed by atoms with van der Waals surface area (Å²) < 4.78 is 0. The average molecular weight is 216 g/mol. The van der Waals surface area contributed by atoms with Gasteiger partial charge in [-0.3, -0.25) is 4.79 Å². The smallest absolute Gasteiger partial charge is 0.254 e. The van der Waals surface area contributed by atoms with Crippen LogP contribution >= 0.6 is 0 Å². The van der Waals surface area contributed by atoms with E-state index < -0.39 is 5.54 Å². The molecule has 1 amide bonds. The first kappa shape index (κ1) is 12.1. The van der Waals surface area contributed by atoms with Crippen LogP contribution in [-0.4, -0.2) is 11.4 Å². The Morgan fingerprint density at radius 1 is 1.50 bits per heavy atom. The number of para-hydroxylation sites is 1. The summed E-state index contributed by atoms with van der Waals surface area (Å²) in [7, 11) is 0. The number of nitrogen functional groups attached to an aromatic ring is 1. The molecule has 3 N–H and O–H groups in total. The van der Waals surface area contributed by atoms with E-state index in [4.69, 9.17) is 12.2 Å². The molecule has 0 saturated carbocycles. The molecule has 0 aliphatic carbocycles. The Morgan fingerprint density at radius 3 is 2.69 bits per heavy atom. The number of carbonyl (C=O) groups excluding carboxylic acids is 1. The van der Waals surface area contributed by atoms with Crippen LogP contribution in [0.2, 0.25) is 0 Å². The van der Waals surface area contributed by atoms with Gasteiger partial charge in [0.1, 0.15) is 0 Å². The van der Waals surface area contributed by atoms with E-state index in [0.717, 1.165) is 5.56 Å². The lowest BCUT2D eigenvalue weighted by Crippen LogP contribution is -2.42. The van der Waals surface area contributed by atoms with Crippen molar-refractivity contribution >= 4 is 11.6 Å². The van der Waals surface area contributed by atoms with E-state index in [0.29, 0.717) is 11.3 Å². The first-order valence-electron chi connectivity index (χ1n) is 5.03. The maximum absolute atomic E-state index is 11.9. The highest BCUT2D eigenvalue weighted by Crippen LogP contribution is 2.17. The van der Waals surface area contributed by atoms with Gasteiger partial charge in [-0.15, -0.1) is 6.42 Å². The van der Waals surface area contributed by atoms with Crippen LogP contribution in [0.25, 0.3) is 0 Å². The van der Waals surface area contributed by atoms with Gasteiger partial charge in [0.2, 0.25) is 0 Å². The molecular formula is C13H16N2O. The molecule has 0 saturated heterocycles. The van der Waals surface area contributed by atoms with E-state index in [1.165, 1.54) is 0 Å². The van der Waals surface area contributed by atoms with Gasteiger partial charge in [0.15, 0.2) is 0 Å². The van der Waals surface area contributed by atoms with E-state index in [2.05, 4.69) is 11.2 Å². The molecule has 0 bridgehead atoms. The number of hydrogen-bond donors (Lipinski definition) is 2. The highest BCUT2D eigenvalue weighted by Gasteiger charge is 2.19. The minimum Gasteiger partial charge on any atom is -0.398 e. The first-order valence-corrected chi connectivity index (χ1v) is 5.03. The standard InChI is InChI=1S/C13H16N2O/c1-5-13(3,4)15-12(16)10-8-6-7-9(2)11(10)14/h1,6-8H,14H2,2-4H3,(H,15,16). The number of nitrogens with two attached hydrogens (primary N) is 1.